The number of benzene rings is 2. The maximum atomic E-state index is 12.4. The van der Waals surface area contributed by atoms with E-state index in [-0.39, 0.29) is 12.3 Å². The van der Waals surface area contributed by atoms with E-state index in [0.717, 1.165) is 23.2 Å². The van der Waals surface area contributed by atoms with Gasteiger partial charge >= 0.3 is 5.97 Å². The molecule has 0 saturated heterocycles. The van der Waals surface area contributed by atoms with E-state index < -0.39 is 5.97 Å². The fourth-order valence-corrected chi connectivity index (χ4v) is 2.62. The second-order valence-electron chi connectivity index (χ2n) is 5.96. The van der Waals surface area contributed by atoms with Gasteiger partial charge in [0.1, 0.15) is 6.61 Å². The quantitative estimate of drug-likeness (QED) is 0.665. The molecule has 0 aliphatic heterocycles. The van der Waals surface area contributed by atoms with Gasteiger partial charge in [-0.3, -0.25) is 0 Å². The van der Waals surface area contributed by atoms with Gasteiger partial charge in [0, 0.05) is 0 Å². The number of esters is 1. The summed E-state index contributed by atoms with van der Waals surface area (Å²) >= 11 is 0. The zero-order valence-electron chi connectivity index (χ0n) is 14.7. The lowest BCUT2D eigenvalue weighted by molar-refractivity contribution is 0.0464. The number of aromatic nitrogens is 3. The van der Waals surface area contributed by atoms with Crippen molar-refractivity contribution in [3.8, 4) is 5.69 Å². The number of nitrogens with zero attached hydrogens (tertiary/aromatic N) is 3. The molecule has 0 saturated carbocycles. The van der Waals surface area contributed by atoms with Crippen molar-refractivity contribution in [2.75, 3.05) is 0 Å². The van der Waals surface area contributed by atoms with Crippen LogP contribution in [-0.4, -0.2) is 21.0 Å². The van der Waals surface area contributed by atoms with Gasteiger partial charge in [-0.1, -0.05) is 48.5 Å². The highest BCUT2D eigenvalue weighted by atomic mass is 16.5. The average molecular weight is 335 g/mol. The predicted octanol–water partition coefficient (Wildman–Crippen LogP) is 3.80. The Hall–Kier alpha value is -2.95. The molecule has 0 fully saturated rings. The van der Waals surface area contributed by atoms with Gasteiger partial charge in [-0.25, -0.2) is 9.48 Å². The van der Waals surface area contributed by atoms with E-state index in [1.54, 1.807) is 4.68 Å². The van der Waals surface area contributed by atoms with Gasteiger partial charge in [-0.05, 0) is 49.1 Å². The molecule has 1 aromatic heterocycles. The van der Waals surface area contributed by atoms with Crippen molar-refractivity contribution >= 4 is 5.97 Å². The molecule has 128 valence electrons. The molecule has 0 bridgehead atoms. The van der Waals surface area contributed by atoms with Gasteiger partial charge < -0.3 is 4.74 Å². The number of carbonyl (C=O) groups is 1. The zero-order chi connectivity index (χ0) is 17.8. The SMILES string of the molecule is CCc1ccc(-n2nnc(C(=O)OCc3ccccc3C)c2C)cc1. The summed E-state index contributed by atoms with van der Waals surface area (Å²) < 4.78 is 7.06. The van der Waals surface area contributed by atoms with Crippen molar-refractivity contribution in [2.45, 2.75) is 33.8 Å². The van der Waals surface area contributed by atoms with Crippen molar-refractivity contribution in [1.29, 1.82) is 0 Å². The Morgan fingerprint density at radius 2 is 1.80 bits per heavy atom. The molecule has 3 rings (SSSR count). The van der Waals surface area contributed by atoms with E-state index in [1.165, 1.54) is 5.56 Å². The summed E-state index contributed by atoms with van der Waals surface area (Å²) in [6.07, 6.45) is 0.979. The Kier molecular flexibility index (Phi) is 4.93. The Balaban J connectivity index is 1.75. The van der Waals surface area contributed by atoms with Crippen molar-refractivity contribution in [3.63, 3.8) is 0 Å². The molecule has 0 aliphatic rings. The summed E-state index contributed by atoms with van der Waals surface area (Å²) in [5, 5.41) is 8.11. The van der Waals surface area contributed by atoms with E-state index in [0.29, 0.717) is 5.69 Å². The van der Waals surface area contributed by atoms with E-state index in [9.17, 15) is 4.79 Å². The van der Waals surface area contributed by atoms with E-state index in [2.05, 4.69) is 17.2 Å². The standard InChI is InChI=1S/C20H21N3O2/c1-4-16-9-11-18(12-10-16)23-15(3)19(21-22-23)20(24)25-13-17-8-6-5-7-14(17)2/h5-12H,4,13H2,1-3H3. The van der Waals surface area contributed by atoms with Crippen LogP contribution in [0.3, 0.4) is 0 Å². The smallest absolute Gasteiger partial charge is 0.361 e. The highest BCUT2D eigenvalue weighted by Crippen LogP contribution is 2.15. The molecule has 0 atom stereocenters. The number of rotatable bonds is 5. The second kappa shape index (κ2) is 7.30. The molecule has 0 radical (unpaired) electrons. The van der Waals surface area contributed by atoms with Crippen LogP contribution >= 0.6 is 0 Å². The van der Waals surface area contributed by atoms with Crippen molar-refractivity contribution in [1.82, 2.24) is 15.0 Å². The van der Waals surface area contributed by atoms with Crippen LogP contribution in [0.1, 0.15) is 39.8 Å². The summed E-state index contributed by atoms with van der Waals surface area (Å²) in [6.45, 7) is 6.14. The minimum absolute atomic E-state index is 0.225. The molecule has 5 heteroatoms. The molecule has 0 spiro atoms. The maximum Gasteiger partial charge on any atom is 0.361 e. The number of carbonyl (C=O) groups excluding carboxylic acids is 1. The lowest BCUT2D eigenvalue weighted by Gasteiger charge is -2.07. The summed E-state index contributed by atoms with van der Waals surface area (Å²) in [6, 6.07) is 15.9. The van der Waals surface area contributed by atoms with E-state index >= 15 is 0 Å². The topological polar surface area (TPSA) is 57.0 Å². The Morgan fingerprint density at radius 1 is 1.08 bits per heavy atom. The lowest BCUT2D eigenvalue weighted by atomic mass is 10.1. The fourth-order valence-electron chi connectivity index (χ4n) is 2.62. The van der Waals surface area contributed by atoms with Crippen LogP contribution < -0.4 is 0 Å². The van der Waals surface area contributed by atoms with Crippen LogP contribution in [0.4, 0.5) is 0 Å². The minimum atomic E-state index is -0.461. The average Bonchev–Trinajstić information content (AvgIpc) is 3.02. The molecule has 5 nitrogen and oxygen atoms in total. The first-order chi connectivity index (χ1) is 12.1. The Labute approximate surface area is 147 Å². The second-order valence-corrected chi connectivity index (χ2v) is 5.96. The van der Waals surface area contributed by atoms with E-state index in [1.807, 2.05) is 62.4 Å². The molecule has 25 heavy (non-hydrogen) atoms. The first-order valence-electron chi connectivity index (χ1n) is 8.33. The van der Waals surface area contributed by atoms with Crippen molar-refractivity contribution in [2.24, 2.45) is 0 Å². The van der Waals surface area contributed by atoms with Gasteiger partial charge in [0.15, 0.2) is 5.69 Å². The monoisotopic (exact) mass is 335 g/mol. The van der Waals surface area contributed by atoms with Gasteiger partial charge in [-0.2, -0.15) is 0 Å². The molecule has 0 aliphatic carbocycles. The molecule has 0 unspecified atom stereocenters. The van der Waals surface area contributed by atoms with E-state index in [4.69, 9.17) is 4.74 Å². The van der Waals surface area contributed by atoms with Crippen LogP contribution in [0.25, 0.3) is 5.69 Å². The third-order valence-corrected chi connectivity index (χ3v) is 4.30. The number of ether oxygens (including phenoxy) is 1. The number of aryl methyl sites for hydroxylation is 2. The van der Waals surface area contributed by atoms with Gasteiger partial charge in [0.05, 0.1) is 11.4 Å². The largest absolute Gasteiger partial charge is 0.456 e. The molecule has 2 aromatic carbocycles. The van der Waals surface area contributed by atoms with Crippen LogP contribution in [-0.2, 0) is 17.8 Å². The molecule has 3 aromatic rings. The van der Waals surface area contributed by atoms with Gasteiger partial charge in [0.25, 0.3) is 0 Å². The first-order valence-corrected chi connectivity index (χ1v) is 8.33. The summed E-state index contributed by atoms with van der Waals surface area (Å²) in [5.41, 5.74) is 5.11. The summed E-state index contributed by atoms with van der Waals surface area (Å²) in [4.78, 5) is 12.4. The molecular formula is C20H21N3O2. The van der Waals surface area contributed by atoms with Crippen molar-refractivity contribution in [3.05, 3.63) is 76.6 Å². The third-order valence-electron chi connectivity index (χ3n) is 4.30. The summed E-state index contributed by atoms with van der Waals surface area (Å²) in [5.74, 6) is -0.461. The first kappa shape index (κ1) is 16.9. The zero-order valence-corrected chi connectivity index (χ0v) is 14.7. The van der Waals surface area contributed by atoms with Crippen LogP contribution in [0.5, 0.6) is 0 Å². The molecule has 1 heterocycles. The Morgan fingerprint density at radius 3 is 2.48 bits per heavy atom. The van der Waals surface area contributed by atoms with Crippen molar-refractivity contribution < 1.29 is 9.53 Å². The molecular weight excluding hydrogens is 314 g/mol. The van der Waals surface area contributed by atoms with Crippen LogP contribution in [0.2, 0.25) is 0 Å². The number of hydrogen-bond acceptors (Lipinski definition) is 4. The normalized spacial score (nSPS) is 10.7. The minimum Gasteiger partial charge on any atom is -0.456 e. The highest BCUT2D eigenvalue weighted by molar-refractivity contribution is 5.88. The Bertz CT molecular complexity index is 882. The van der Waals surface area contributed by atoms with Crippen LogP contribution in [0.15, 0.2) is 48.5 Å². The van der Waals surface area contributed by atoms with Gasteiger partial charge in [0.2, 0.25) is 0 Å². The van der Waals surface area contributed by atoms with Gasteiger partial charge in [-0.15, -0.1) is 5.10 Å². The molecule has 0 amide bonds. The lowest BCUT2D eigenvalue weighted by Crippen LogP contribution is -2.09. The fraction of sp³-hybridized carbons (Fsp3) is 0.250. The van der Waals surface area contributed by atoms with Crippen LogP contribution in [0, 0.1) is 13.8 Å². The molecule has 0 N–H and O–H groups in total. The number of hydrogen-bond donors (Lipinski definition) is 0. The summed E-state index contributed by atoms with van der Waals surface area (Å²) in [7, 11) is 0. The predicted molar refractivity (Wildman–Crippen MR) is 95.8 cm³/mol. The maximum absolute atomic E-state index is 12.4. The third kappa shape index (κ3) is 3.60. The highest BCUT2D eigenvalue weighted by Gasteiger charge is 2.19.